The van der Waals surface area contributed by atoms with Gasteiger partial charge in [-0.3, -0.25) is 0 Å². The van der Waals surface area contributed by atoms with Gasteiger partial charge in [-0.15, -0.1) is 11.6 Å². The summed E-state index contributed by atoms with van der Waals surface area (Å²) in [5.41, 5.74) is 0.914. The number of nitrogens with zero attached hydrogens (tertiary/aromatic N) is 3. The number of sulfonamides is 1. The molecule has 0 N–H and O–H groups in total. The molecule has 0 aliphatic rings. The lowest BCUT2D eigenvalue weighted by molar-refractivity contribution is 0.423. The molecule has 0 aliphatic heterocycles. The average molecular weight is 314 g/mol. The van der Waals surface area contributed by atoms with Crippen LogP contribution in [0.4, 0.5) is 0 Å². The highest BCUT2D eigenvalue weighted by molar-refractivity contribution is 7.89. The normalized spacial score (nSPS) is 11.9. The predicted molar refractivity (Wildman–Crippen MR) is 78.0 cm³/mol. The summed E-state index contributed by atoms with van der Waals surface area (Å²) in [6, 6.07) is 9.41. The van der Waals surface area contributed by atoms with Crippen molar-refractivity contribution in [3.63, 3.8) is 0 Å². The summed E-state index contributed by atoms with van der Waals surface area (Å²) in [6.07, 6.45) is 2.95. The number of aromatic nitrogens is 2. The summed E-state index contributed by atoms with van der Waals surface area (Å²) >= 11 is 5.73. The van der Waals surface area contributed by atoms with Crippen molar-refractivity contribution in [2.45, 2.75) is 11.6 Å². The van der Waals surface area contributed by atoms with Gasteiger partial charge in [-0.25, -0.2) is 13.4 Å². The molecule has 0 spiro atoms. The molecule has 1 aromatic carbocycles. The number of hydrogen-bond acceptors (Lipinski definition) is 3. The molecule has 0 amide bonds. The molecule has 1 aromatic heterocycles. The van der Waals surface area contributed by atoms with Gasteiger partial charge in [0.25, 0.3) is 10.0 Å². The third-order valence-corrected chi connectivity index (χ3v) is 4.72. The van der Waals surface area contributed by atoms with Gasteiger partial charge in [-0.2, -0.15) is 4.31 Å². The van der Waals surface area contributed by atoms with Crippen LogP contribution in [0.3, 0.4) is 0 Å². The molecule has 1 heterocycles. The molecule has 2 rings (SSSR count). The molecular weight excluding hydrogens is 298 g/mol. The van der Waals surface area contributed by atoms with Crippen molar-refractivity contribution in [2.24, 2.45) is 7.05 Å². The van der Waals surface area contributed by atoms with Gasteiger partial charge in [0.1, 0.15) is 0 Å². The van der Waals surface area contributed by atoms with Crippen LogP contribution in [0.1, 0.15) is 5.56 Å². The fourth-order valence-corrected chi connectivity index (χ4v) is 3.52. The number of rotatable bonds is 6. The summed E-state index contributed by atoms with van der Waals surface area (Å²) in [5.74, 6) is 0.235. The number of imidazole rings is 1. The van der Waals surface area contributed by atoms with E-state index in [9.17, 15) is 8.42 Å². The van der Waals surface area contributed by atoms with Gasteiger partial charge in [0, 0.05) is 32.2 Å². The Kier molecular flexibility index (Phi) is 4.80. The first-order chi connectivity index (χ1) is 9.54. The Morgan fingerprint density at radius 2 is 2.00 bits per heavy atom. The van der Waals surface area contributed by atoms with E-state index >= 15 is 0 Å². The van der Waals surface area contributed by atoms with Gasteiger partial charge in [-0.1, -0.05) is 30.3 Å². The molecule has 0 fully saturated rings. The highest BCUT2D eigenvalue weighted by Crippen LogP contribution is 2.16. The molecule has 7 heteroatoms. The molecule has 0 atom stereocenters. The Morgan fingerprint density at radius 3 is 2.55 bits per heavy atom. The van der Waals surface area contributed by atoms with Crippen molar-refractivity contribution in [3.8, 4) is 0 Å². The number of halogens is 1. The molecule has 5 nitrogen and oxygen atoms in total. The minimum absolute atomic E-state index is 0.0426. The second-order valence-corrected chi connectivity index (χ2v) is 6.65. The van der Waals surface area contributed by atoms with Crippen molar-refractivity contribution in [1.82, 2.24) is 13.9 Å². The van der Waals surface area contributed by atoms with E-state index in [0.29, 0.717) is 0 Å². The number of benzene rings is 1. The van der Waals surface area contributed by atoms with E-state index in [0.717, 1.165) is 5.56 Å². The maximum absolute atomic E-state index is 12.5. The van der Waals surface area contributed by atoms with Crippen LogP contribution in [0.25, 0.3) is 0 Å². The first-order valence-corrected chi connectivity index (χ1v) is 8.09. The van der Waals surface area contributed by atoms with Gasteiger partial charge in [0.05, 0.1) is 6.33 Å². The first kappa shape index (κ1) is 15.0. The van der Waals surface area contributed by atoms with Crippen LogP contribution >= 0.6 is 11.6 Å². The smallest absolute Gasteiger partial charge is 0.262 e. The van der Waals surface area contributed by atoms with E-state index in [-0.39, 0.29) is 24.0 Å². The number of aryl methyl sites for hydroxylation is 1. The van der Waals surface area contributed by atoms with Crippen molar-refractivity contribution >= 4 is 21.6 Å². The lowest BCUT2D eigenvalue weighted by atomic mass is 10.2. The van der Waals surface area contributed by atoms with Crippen LogP contribution in [-0.2, 0) is 23.6 Å². The maximum Gasteiger partial charge on any atom is 0.262 e. The summed E-state index contributed by atoms with van der Waals surface area (Å²) in [7, 11) is -1.89. The van der Waals surface area contributed by atoms with Gasteiger partial charge in [0.15, 0.2) is 5.03 Å². The SMILES string of the molecule is Cn1cnc(S(=O)(=O)N(CCCl)Cc2ccccc2)c1. The first-order valence-electron chi connectivity index (χ1n) is 6.12. The van der Waals surface area contributed by atoms with E-state index < -0.39 is 10.0 Å². The summed E-state index contributed by atoms with van der Waals surface area (Å²) in [6.45, 7) is 0.530. The highest BCUT2D eigenvalue weighted by Gasteiger charge is 2.26. The molecule has 0 saturated heterocycles. The lowest BCUT2D eigenvalue weighted by Crippen LogP contribution is -2.32. The molecule has 0 bridgehead atoms. The fourth-order valence-electron chi connectivity index (χ4n) is 1.82. The van der Waals surface area contributed by atoms with Crippen molar-refractivity contribution in [3.05, 3.63) is 48.4 Å². The average Bonchev–Trinajstić information content (AvgIpc) is 2.87. The Bertz CT molecular complexity index is 655. The minimum Gasteiger partial charge on any atom is -0.339 e. The minimum atomic E-state index is -3.62. The van der Waals surface area contributed by atoms with E-state index in [2.05, 4.69) is 4.98 Å². The van der Waals surface area contributed by atoms with Crippen LogP contribution < -0.4 is 0 Å². The zero-order valence-electron chi connectivity index (χ0n) is 11.1. The summed E-state index contributed by atoms with van der Waals surface area (Å²) in [5, 5.41) is 0.0426. The third-order valence-electron chi connectivity index (χ3n) is 2.82. The Morgan fingerprint density at radius 1 is 1.30 bits per heavy atom. The van der Waals surface area contributed by atoms with Crippen LogP contribution in [0, 0.1) is 0 Å². The van der Waals surface area contributed by atoms with Crippen LogP contribution in [0.15, 0.2) is 47.9 Å². The molecule has 0 radical (unpaired) electrons. The second-order valence-electron chi connectivity index (χ2n) is 4.39. The third kappa shape index (κ3) is 3.39. The Balaban J connectivity index is 2.28. The quantitative estimate of drug-likeness (QED) is 0.765. The Labute approximate surface area is 123 Å². The van der Waals surface area contributed by atoms with E-state index in [1.165, 1.54) is 16.8 Å². The van der Waals surface area contributed by atoms with Crippen molar-refractivity contribution < 1.29 is 8.42 Å². The number of hydrogen-bond donors (Lipinski definition) is 0. The molecule has 20 heavy (non-hydrogen) atoms. The predicted octanol–water partition coefficient (Wildman–Crippen LogP) is 1.85. The summed E-state index contributed by atoms with van der Waals surface area (Å²) in [4.78, 5) is 3.92. The monoisotopic (exact) mass is 313 g/mol. The number of alkyl halides is 1. The van der Waals surface area contributed by atoms with E-state index in [1.807, 2.05) is 30.3 Å². The van der Waals surface area contributed by atoms with Gasteiger partial charge in [0.2, 0.25) is 0 Å². The van der Waals surface area contributed by atoms with Crippen LogP contribution in [0.5, 0.6) is 0 Å². The second kappa shape index (κ2) is 6.39. The van der Waals surface area contributed by atoms with E-state index in [1.54, 1.807) is 11.6 Å². The highest BCUT2D eigenvalue weighted by atomic mass is 35.5. The van der Waals surface area contributed by atoms with Gasteiger partial charge in [-0.05, 0) is 5.56 Å². The lowest BCUT2D eigenvalue weighted by Gasteiger charge is -2.20. The zero-order valence-corrected chi connectivity index (χ0v) is 12.7. The molecular formula is C13H16ClN3O2S. The molecule has 0 unspecified atom stereocenters. The molecule has 0 saturated carbocycles. The molecule has 2 aromatic rings. The van der Waals surface area contributed by atoms with Crippen molar-refractivity contribution in [1.29, 1.82) is 0 Å². The van der Waals surface area contributed by atoms with E-state index in [4.69, 9.17) is 11.6 Å². The van der Waals surface area contributed by atoms with Gasteiger partial charge >= 0.3 is 0 Å². The van der Waals surface area contributed by atoms with Crippen molar-refractivity contribution in [2.75, 3.05) is 12.4 Å². The fraction of sp³-hybridized carbons (Fsp3) is 0.308. The van der Waals surface area contributed by atoms with Gasteiger partial charge < -0.3 is 4.57 Å². The molecule has 108 valence electrons. The molecule has 0 aliphatic carbocycles. The Hall–Kier alpha value is -1.37. The summed E-state index contributed by atoms with van der Waals surface area (Å²) < 4.78 is 28.0. The largest absolute Gasteiger partial charge is 0.339 e. The van der Waals surface area contributed by atoms with Crippen LogP contribution in [0.2, 0.25) is 0 Å². The standard InChI is InChI=1S/C13H16ClN3O2S/c1-16-10-13(15-11-16)20(18,19)17(8-7-14)9-12-5-3-2-4-6-12/h2-6,10-11H,7-9H2,1H3. The maximum atomic E-state index is 12.5. The topological polar surface area (TPSA) is 55.2 Å². The zero-order chi connectivity index (χ0) is 14.6. The van der Waals surface area contributed by atoms with Crippen LogP contribution in [-0.4, -0.2) is 34.7 Å².